The van der Waals surface area contributed by atoms with E-state index in [0.29, 0.717) is 25.4 Å². The molecule has 1 rings (SSSR count). The molecule has 1 aromatic rings. The van der Waals surface area contributed by atoms with E-state index in [1.165, 1.54) is 12.1 Å². The molecule has 0 saturated heterocycles. The van der Waals surface area contributed by atoms with Gasteiger partial charge >= 0.3 is 0 Å². The highest BCUT2D eigenvalue weighted by molar-refractivity contribution is 5.76. The molecule has 0 aliphatic rings. The van der Waals surface area contributed by atoms with Crippen LogP contribution in [-0.2, 0) is 9.53 Å². The van der Waals surface area contributed by atoms with Gasteiger partial charge in [0, 0.05) is 26.6 Å². The van der Waals surface area contributed by atoms with Crippen LogP contribution in [0, 0.1) is 17.1 Å². The van der Waals surface area contributed by atoms with Crippen LogP contribution < -0.4 is 10.6 Å². The predicted octanol–water partition coefficient (Wildman–Crippen LogP) is 1.26. The van der Waals surface area contributed by atoms with Crippen molar-refractivity contribution < 1.29 is 13.9 Å². The van der Waals surface area contributed by atoms with E-state index in [2.05, 4.69) is 10.6 Å². The van der Waals surface area contributed by atoms with Gasteiger partial charge in [-0.25, -0.2) is 4.39 Å². The predicted molar refractivity (Wildman–Crippen MR) is 69.1 cm³/mol. The van der Waals surface area contributed by atoms with Crippen LogP contribution in [0.25, 0.3) is 0 Å². The first-order valence-electron chi connectivity index (χ1n) is 5.87. The van der Waals surface area contributed by atoms with E-state index < -0.39 is 5.82 Å². The number of hydrogen-bond acceptors (Lipinski definition) is 4. The Morgan fingerprint density at radius 3 is 2.95 bits per heavy atom. The Balaban J connectivity index is 2.40. The highest BCUT2D eigenvalue weighted by Gasteiger charge is 2.07. The summed E-state index contributed by atoms with van der Waals surface area (Å²) in [4.78, 5) is 11.4. The van der Waals surface area contributed by atoms with Gasteiger partial charge in [-0.05, 0) is 12.1 Å². The number of benzene rings is 1. The first kappa shape index (κ1) is 14.9. The molecule has 0 unspecified atom stereocenters. The summed E-state index contributed by atoms with van der Waals surface area (Å²) in [5.41, 5.74) is 0.356. The quantitative estimate of drug-likeness (QED) is 0.728. The van der Waals surface area contributed by atoms with Gasteiger partial charge in [0.05, 0.1) is 12.3 Å². The van der Waals surface area contributed by atoms with Crippen LogP contribution in [-0.4, -0.2) is 32.7 Å². The summed E-state index contributed by atoms with van der Waals surface area (Å²) in [6.45, 7) is 1.25. The molecule has 0 aliphatic heterocycles. The number of nitrogens with one attached hydrogen (secondary N) is 2. The minimum absolute atomic E-state index is 0.0395. The molecule has 0 bridgehead atoms. The van der Waals surface area contributed by atoms with Gasteiger partial charge in [-0.3, -0.25) is 4.79 Å². The number of carbonyl (C=O) groups is 1. The largest absolute Gasteiger partial charge is 0.383 e. The number of anilines is 1. The molecule has 102 valence electrons. The molecule has 0 radical (unpaired) electrons. The minimum atomic E-state index is -0.572. The van der Waals surface area contributed by atoms with E-state index in [1.54, 1.807) is 19.2 Å². The van der Waals surface area contributed by atoms with Gasteiger partial charge in [-0.2, -0.15) is 5.26 Å². The van der Waals surface area contributed by atoms with Gasteiger partial charge in [0.15, 0.2) is 0 Å². The van der Waals surface area contributed by atoms with Crippen LogP contribution in [0.4, 0.5) is 10.1 Å². The van der Waals surface area contributed by atoms with Crippen LogP contribution in [0.5, 0.6) is 0 Å². The van der Waals surface area contributed by atoms with Crippen molar-refractivity contribution in [2.75, 3.05) is 32.1 Å². The molecule has 0 aromatic heterocycles. The molecule has 0 saturated carbocycles. The molecule has 0 aliphatic carbocycles. The van der Waals surface area contributed by atoms with Crippen LogP contribution >= 0.6 is 0 Å². The highest BCUT2D eigenvalue weighted by Crippen LogP contribution is 2.17. The molecular formula is C13H16FN3O2. The lowest BCUT2D eigenvalue weighted by Gasteiger charge is -2.08. The maximum Gasteiger partial charge on any atom is 0.221 e. The third kappa shape index (κ3) is 4.94. The first-order chi connectivity index (χ1) is 9.19. The zero-order chi connectivity index (χ0) is 14.1. The van der Waals surface area contributed by atoms with Gasteiger partial charge < -0.3 is 15.4 Å². The summed E-state index contributed by atoms with van der Waals surface area (Å²) in [6.07, 6.45) is 0.241. The standard InChI is InChI=1S/C13H16FN3O2/c1-19-8-7-17-13(18)5-6-16-12-4-2-3-11(14)10(12)9-15/h2-4,16H,5-8H2,1H3,(H,17,18). The second-order valence-corrected chi connectivity index (χ2v) is 3.79. The number of amides is 1. The second-order valence-electron chi connectivity index (χ2n) is 3.79. The normalized spacial score (nSPS) is 9.74. The van der Waals surface area contributed by atoms with Crippen molar-refractivity contribution >= 4 is 11.6 Å². The van der Waals surface area contributed by atoms with Gasteiger partial charge in [-0.15, -0.1) is 0 Å². The van der Waals surface area contributed by atoms with Crippen molar-refractivity contribution in [3.63, 3.8) is 0 Å². The van der Waals surface area contributed by atoms with Crippen molar-refractivity contribution in [3.8, 4) is 6.07 Å². The molecule has 19 heavy (non-hydrogen) atoms. The van der Waals surface area contributed by atoms with Crippen LogP contribution in [0.15, 0.2) is 18.2 Å². The van der Waals surface area contributed by atoms with Crippen molar-refractivity contribution in [1.29, 1.82) is 5.26 Å². The number of hydrogen-bond donors (Lipinski definition) is 2. The Morgan fingerprint density at radius 1 is 1.47 bits per heavy atom. The molecule has 0 spiro atoms. The summed E-state index contributed by atoms with van der Waals surface area (Å²) >= 11 is 0. The Morgan fingerprint density at radius 2 is 2.26 bits per heavy atom. The Labute approximate surface area is 111 Å². The maximum atomic E-state index is 13.3. The van der Waals surface area contributed by atoms with E-state index >= 15 is 0 Å². The molecule has 1 amide bonds. The zero-order valence-electron chi connectivity index (χ0n) is 10.7. The third-order valence-corrected chi connectivity index (χ3v) is 2.42. The molecule has 1 aromatic carbocycles. The van der Waals surface area contributed by atoms with E-state index in [4.69, 9.17) is 10.00 Å². The van der Waals surface area contributed by atoms with Gasteiger partial charge in [0.2, 0.25) is 5.91 Å². The van der Waals surface area contributed by atoms with Gasteiger partial charge in [0.25, 0.3) is 0 Å². The van der Waals surface area contributed by atoms with Crippen molar-refractivity contribution in [3.05, 3.63) is 29.6 Å². The van der Waals surface area contributed by atoms with E-state index in [9.17, 15) is 9.18 Å². The number of ether oxygens (including phenoxy) is 1. The summed E-state index contributed by atoms with van der Waals surface area (Å²) in [7, 11) is 1.56. The number of carbonyl (C=O) groups excluding carboxylic acids is 1. The van der Waals surface area contributed by atoms with Gasteiger partial charge in [-0.1, -0.05) is 6.07 Å². The minimum Gasteiger partial charge on any atom is -0.383 e. The summed E-state index contributed by atoms with van der Waals surface area (Å²) in [5, 5.41) is 14.4. The molecular weight excluding hydrogens is 249 g/mol. The average molecular weight is 265 g/mol. The fourth-order valence-electron chi connectivity index (χ4n) is 1.48. The topological polar surface area (TPSA) is 74.2 Å². The number of rotatable bonds is 7. The van der Waals surface area contributed by atoms with E-state index in [0.717, 1.165) is 0 Å². The fourth-order valence-corrected chi connectivity index (χ4v) is 1.48. The summed E-state index contributed by atoms with van der Waals surface area (Å²) in [5.74, 6) is -0.698. The van der Waals surface area contributed by atoms with Crippen molar-refractivity contribution in [2.45, 2.75) is 6.42 Å². The zero-order valence-corrected chi connectivity index (χ0v) is 10.7. The van der Waals surface area contributed by atoms with Crippen molar-refractivity contribution in [1.82, 2.24) is 5.32 Å². The lowest BCUT2D eigenvalue weighted by Crippen LogP contribution is -2.28. The number of halogens is 1. The van der Waals surface area contributed by atoms with Crippen LogP contribution in [0.2, 0.25) is 0 Å². The average Bonchev–Trinajstić information content (AvgIpc) is 2.39. The SMILES string of the molecule is COCCNC(=O)CCNc1cccc(F)c1C#N. The number of methoxy groups -OCH3 is 1. The van der Waals surface area contributed by atoms with Crippen LogP contribution in [0.1, 0.15) is 12.0 Å². The Bertz CT molecular complexity index is 471. The third-order valence-electron chi connectivity index (χ3n) is 2.42. The maximum absolute atomic E-state index is 13.3. The Kier molecular flexibility index (Phi) is 6.33. The molecule has 0 heterocycles. The molecule has 5 nitrogen and oxygen atoms in total. The number of nitrogens with zero attached hydrogens (tertiary/aromatic N) is 1. The monoisotopic (exact) mass is 265 g/mol. The fraction of sp³-hybridized carbons (Fsp3) is 0.385. The van der Waals surface area contributed by atoms with E-state index in [1.807, 2.05) is 0 Å². The van der Waals surface area contributed by atoms with Gasteiger partial charge in [0.1, 0.15) is 17.4 Å². The first-order valence-corrected chi connectivity index (χ1v) is 5.87. The smallest absolute Gasteiger partial charge is 0.221 e. The Hall–Kier alpha value is -2.13. The number of nitriles is 1. The molecule has 0 atom stereocenters. The highest BCUT2D eigenvalue weighted by atomic mass is 19.1. The van der Waals surface area contributed by atoms with Crippen molar-refractivity contribution in [2.24, 2.45) is 0 Å². The lowest BCUT2D eigenvalue weighted by molar-refractivity contribution is -0.121. The lowest BCUT2D eigenvalue weighted by atomic mass is 10.2. The summed E-state index contributed by atoms with van der Waals surface area (Å²) < 4.78 is 18.1. The van der Waals surface area contributed by atoms with Crippen LogP contribution in [0.3, 0.4) is 0 Å². The molecule has 6 heteroatoms. The molecule has 0 fully saturated rings. The summed E-state index contributed by atoms with van der Waals surface area (Å²) in [6, 6.07) is 6.13. The molecule has 2 N–H and O–H groups in total. The second kappa shape index (κ2) is 8.06. The van der Waals surface area contributed by atoms with E-state index in [-0.39, 0.29) is 17.9 Å².